The monoisotopic (exact) mass is 373 g/mol. The molecule has 0 saturated carbocycles. The van der Waals surface area contributed by atoms with Gasteiger partial charge in [0, 0.05) is 16.9 Å². The molecule has 0 aliphatic carbocycles. The highest BCUT2D eigenvalue weighted by molar-refractivity contribution is 9.10. The van der Waals surface area contributed by atoms with E-state index in [0.29, 0.717) is 16.7 Å². The molecule has 0 N–H and O–H groups in total. The standard InChI is InChI=1S/C14H13BrClNO4/c1-4-21-14(19)10-11(16)8-5-7(15)6-9(20-3)12(8)17(2)13(10)18/h5-6H,4H2,1-3H3. The molecule has 0 unspecified atom stereocenters. The molecule has 112 valence electrons. The van der Waals surface area contributed by atoms with E-state index in [1.54, 1.807) is 26.1 Å². The van der Waals surface area contributed by atoms with Gasteiger partial charge in [-0.15, -0.1) is 0 Å². The Morgan fingerprint density at radius 2 is 2.10 bits per heavy atom. The molecule has 0 radical (unpaired) electrons. The third kappa shape index (κ3) is 2.65. The number of methoxy groups -OCH3 is 1. The van der Waals surface area contributed by atoms with Crippen LogP contribution in [0.15, 0.2) is 21.4 Å². The normalized spacial score (nSPS) is 10.7. The number of ether oxygens (including phenoxy) is 2. The average molecular weight is 375 g/mol. The summed E-state index contributed by atoms with van der Waals surface area (Å²) < 4.78 is 12.2. The van der Waals surface area contributed by atoms with Crippen LogP contribution >= 0.6 is 27.5 Å². The van der Waals surface area contributed by atoms with Gasteiger partial charge in [0.25, 0.3) is 5.56 Å². The van der Waals surface area contributed by atoms with Crippen molar-refractivity contribution in [3.8, 4) is 5.75 Å². The van der Waals surface area contributed by atoms with E-state index in [4.69, 9.17) is 21.1 Å². The number of benzene rings is 1. The number of rotatable bonds is 3. The highest BCUT2D eigenvalue weighted by Gasteiger charge is 2.23. The van der Waals surface area contributed by atoms with Crippen LogP contribution in [-0.4, -0.2) is 24.3 Å². The molecule has 0 saturated heterocycles. The molecule has 0 atom stereocenters. The van der Waals surface area contributed by atoms with Gasteiger partial charge >= 0.3 is 5.97 Å². The number of hydrogen-bond acceptors (Lipinski definition) is 4. The minimum absolute atomic E-state index is 0.0613. The maximum absolute atomic E-state index is 12.4. The van der Waals surface area contributed by atoms with E-state index < -0.39 is 11.5 Å². The predicted molar refractivity (Wildman–Crippen MR) is 84.4 cm³/mol. The number of halogens is 2. The highest BCUT2D eigenvalue weighted by Crippen LogP contribution is 2.34. The third-order valence-corrected chi connectivity index (χ3v) is 3.90. The first-order valence-electron chi connectivity index (χ1n) is 6.15. The Kier molecular flexibility index (Phi) is 4.58. The molecule has 7 heteroatoms. The summed E-state index contributed by atoms with van der Waals surface area (Å²) in [5.74, 6) is -0.250. The lowest BCUT2D eigenvalue weighted by Crippen LogP contribution is -2.26. The molecule has 2 aromatic rings. The van der Waals surface area contributed by atoms with Crippen LogP contribution in [0, 0.1) is 0 Å². The number of carbonyl (C=O) groups is 1. The first kappa shape index (κ1) is 15.9. The second kappa shape index (κ2) is 6.07. The molecule has 0 aliphatic heterocycles. The van der Waals surface area contributed by atoms with Gasteiger partial charge in [0.05, 0.1) is 24.3 Å². The van der Waals surface area contributed by atoms with E-state index in [0.717, 1.165) is 4.47 Å². The lowest BCUT2D eigenvalue weighted by Gasteiger charge is -2.14. The number of hydrogen-bond donors (Lipinski definition) is 0. The minimum atomic E-state index is -0.732. The zero-order chi connectivity index (χ0) is 15.7. The summed E-state index contributed by atoms with van der Waals surface area (Å²) in [7, 11) is 3.05. The fourth-order valence-corrected chi connectivity index (χ4v) is 2.86. The Labute approximate surface area is 134 Å². The van der Waals surface area contributed by atoms with Crippen molar-refractivity contribution in [1.82, 2.24) is 4.57 Å². The molecule has 0 aliphatic rings. The van der Waals surface area contributed by atoms with Gasteiger partial charge in [0.15, 0.2) is 0 Å². The summed E-state index contributed by atoms with van der Waals surface area (Å²) in [6.07, 6.45) is 0. The SMILES string of the molecule is CCOC(=O)c1c(Cl)c2cc(Br)cc(OC)c2n(C)c1=O. The zero-order valence-corrected chi connectivity index (χ0v) is 14.0. The summed E-state index contributed by atoms with van der Waals surface area (Å²) in [6.45, 7) is 1.83. The van der Waals surface area contributed by atoms with E-state index in [9.17, 15) is 9.59 Å². The molecule has 0 fully saturated rings. The largest absolute Gasteiger partial charge is 0.495 e. The highest BCUT2D eigenvalue weighted by atomic mass is 79.9. The Morgan fingerprint density at radius 1 is 1.43 bits per heavy atom. The maximum Gasteiger partial charge on any atom is 0.345 e. The van der Waals surface area contributed by atoms with Crippen LogP contribution in [0.5, 0.6) is 5.75 Å². The zero-order valence-electron chi connectivity index (χ0n) is 11.7. The summed E-state index contributed by atoms with van der Waals surface area (Å²) in [4.78, 5) is 24.3. The van der Waals surface area contributed by atoms with Crippen molar-refractivity contribution < 1.29 is 14.3 Å². The van der Waals surface area contributed by atoms with Gasteiger partial charge in [-0.3, -0.25) is 4.79 Å². The fourth-order valence-electron chi connectivity index (χ4n) is 2.12. The molecule has 5 nitrogen and oxygen atoms in total. The molecular formula is C14H13BrClNO4. The van der Waals surface area contributed by atoms with Crippen molar-refractivity contribution in [3.05, 3.63) is 37.5 Å². The van der Waals surface area contributed by atoms with Gasteiger partial charge < -0.3 is 14.0 Å². The number of nitrogens with zero attached hydrogens (tertiary/aromatic N) is 1. The first-order valence-corrected chi connectivity index (χ1v) is 7.32. The quantitative estimate of drug-likeness (QED) is 0.775. The van der Waals surface area contributed by atoms with Crippen LogP contribution in [0.3, 0.4) is 0 Å². The molecule has 1 aromatic carbocycles. The minimum Gasteiger partial charge on any atom is -0.495 e. The van der Waals surface area contributed by atoms with Gasteiger partial charge in [0.2, 0.25) is 0 Å². The molecule has 0 bridgehead atoms. The molecule has 0 spiro atoms. The summed E-state index contributed by atoms with van der Waals surface area (Å²) in [6, 6.07) is 3.45. The Bertz CT molecular complexity index is 785. The Morgan fingerprint density at radius 3 is 2.67 bits per heavy atom. The van der Waals surface area contributed by atoms with Crippen LogP contribution in [0.1, 0.15) is 17.3 Å². The number of fused-ring (bicyclic) bond motifs is 1. The van der Waals surface area contributed by atoms with E-state index >= 15 is 0 Å². The first-order chi connectivity index (χ1) is 9.92. The summed E-state index contributed by atoms with van der Waals surface area (Å²) in [5, 5.41) is 0.596. The van der Waals surface area contributed by atoms with Gasteiger partial charge in [-0.2, -0.15) is 0 Å². The van der Waals surface area contributed by atoms with Crippen LogP contribution < -0.4 is 10.3 Å². The van der Waals surface area contributed by atoms with Crippen molar-refractivity contribution in [2.24, 2.45) is 7.05 Å². The van der Waals surface area contributed by atoms with Crippen molar-refractivity contribution in [2.75, 3.05) is 13.7 Å². The van der Waals surface area contributed by atoms with Gasteiger partial charge in [0.1, 0.15) is 11.3 Å². The van der Waals surface area contributed by atoms with Crippen molar-refractivity contribution in [1.29, 1.82) is 0 Å². The number of aryl methyl sites for hydroxylation is 1. The van der Waals surface area contributed by atoms with Crippen molar-refractivity contribution in [3.63, 3.8) is 0 Å². The van der Waals surface area contributed by atoms with Crippen molar-refractivity contribution in [2.45, 2.75) is 6.92 Å². The molecule has 0 amide bonds. The summed E-state index contributed by atoms with van der Waals surface area (Å²) in [5.41, 5.74) is -0.177. The molecular weight excluding hydrogens is 362 g/mol. The molecule has 1 aromatic heterocycles. The number of esters is 1. The van der Waals surface area contributed by atoms with Gasteiger partial charge in [-0.05, 0) is 19.1 Å². The number of carbonyl (C=O) groups excluding carboxylic acids is 1. The Hall–Kier alpha value is -1.53. The van der Waals surface area contributed by atoms with E-state index in [1.807, 2.05) is 0 Å². The van der Waals surface area contributed by atoms with E-state index in [2.05, 4.69) is 15.9 Å². The second-order valence-electron chi connectivity index (χ2n) is 4.28. The van der Waals surface area contributed by atoms with Crippen LogP contribution in [0.2, 0.25) is 5.02 Å². The Balaban J connectivity index is 2.94. The molecule has 1 heterocycles. The van der Waals surface area contributed by atoms with E-state index in [1.165, 1.54) is 11.7 Å². The van der Waals surface area contributed by atoms with Crippen LogP contribution in [-0.2, 0) is 11.8 Å². The fraction of sp³-hybridized carbons (Fsp3) is 0.286. The number of pyridine rings is 1. The van der Waals surface area contributed by atoms with Gasteiger partial charge in [-0.1, -0.05) is 27.5 Å². The third-order valence-electron chi connectivity index (χ3n) is 3.05. The van der Waals surface area contributed by atoms with Gasteiger partial charge in [-0.25, -0.2) is 4.79 Å². The van der Waals surface area contributed by atoms with Crippen molar-refractivity contribution >= 4 is 44.4 Å². The molecule has 21 heavy (non-hydrogen) atoms. The lowest BCUT2D eigenvalue weighted by molar-refractivity contribution is 0.0524. The number of aromatic nitrogens is 1. The molecule has 2 rings (SSSR count). The predicted octanol–water partition coefficient (Wildman–Crippen LogP) is 3.14. The van der Waals surface area contributed by atoms with E-state index in [-0.39, 0.29) is 17.2 Å². The maximum atomic E-state index is 12.4. The average Bonchev–Trinajstić information content (AvgIpc) is 2.44. The summed E-state index contributed by atoms with van der Waals surface area (Å²) >= 11 is 9.61. The topological polar surface area (TPSA) is 57.5 Å². The van der Waals surface area contributed by atoms with Crippen LogP contribution in [0.25, 0.3) is 10.9 Å². The second-order valence-corrected chi connectivity index (χ2v) is 5.57. The smallest absolute Gasteiger partial charge is 0.345 e. The lowest BCUT2D eigenvalue weighted by atomic mass is 10.1. The van der Waals surface area contributed by atoms with Crippen LogP contribution in [0.4, 0.5) is 0 Å².